The minimum atomic E-state index is -1.02. The van der Waals surface area contributed by atoms with Crippen molar-refractivity contribution in [2.45, 2.75) is 33.3 Å². The number of rotatable bonds is 9. The molecule has 2 nitrogen and oxygen atoms in total. The van der Waals surface area contributed by atoms with E-state index in [1.54, 1.807) is 48.5 Å². The second kappa shape index (κ2) is 11.1. The van der Waals surface area contributed by atoms with Crippen LogP contribution in [0.4, 0.5) is 13.2 Å². The molecule has 4 rings (SSSR count). The first-order valence-corrected chi connectivity index (χ1v) is 11.7. The lowest BCUT2D eigenvalue weighted by Crippen LogP contribution is -2.00. The highest BCUT2D eigenvalue weighted by molar-refractivity contribution is 5.66. The van der Waals surface area contributed by atoms with Crippen molar-refractivity contribution >= 4 is 0 Å². The first kappa shape index (κ1) is 24.4. The molecule has 0 heterocycles. The Bertz CT molecular complexity index is 1280. The zero-order valence-electron chi connectivity index (χ0n) is 19.8. The SMILES string of the molecule is CCCc1ccc(-c2ccc(OCc3ccc(-c4ccc(OCC)cc4F)cc3)c(F)c2F)cc1. The van der Waals surface area contributed by atoms with Crippen LogP contribution in [0.5, 0.6) is 11.5 Å². The summed E-state index contributed by atoms with van der Waals surface area (Å²) in [6.45, 7) is 4.45. The van der Waals surface area contributed by atoms with Crippen LogP contribution in [0.1, 0.15) is 31.4 Å². The van der Waals surface area contributed by atoms with Crippen molar-refractivity contribution in [1.29, 1.82) is 0 Å². The summed E-state index contributed by atoms with van der Waals surface area (Å²) in [5.74, 6) is -2.01. The molecule has 0 aromatic heterocycles. The predicted molar refractivity (Wildman–Crippen MR) is 133 cm³/mol. The molecule has 180 valence electrons. The van der Waals surface area contributed by atoms with E-state index in [1.165, 1.54) is 18.2 Å². The first-order chi connectivity index (χ1) is 17.0. The Labute approximate surface area is 204 Å². The Morgan fingerprint density at radius 2 is 1.26 bits per heavy atom. The van der Waals surface area contributed by atoms with E-state index >= 15 is 0 Å². The summed E-state index contributed by atoms with van der Waals surface area (Å²) in [5.41, 5.74) is 3.86. The maximum absolute atomic E-state index is 14.8. The largest absolute Gasteiger partial charge is 0.494 e. The summed E-state index contributed by atoms with van der Waals surface area (Å²) >= 11 is 0. The smallest absolute Gasteiger partial charge is 0.201 e. The van der Waals surface area contributed by atoms with Gasteiger partial charge in [0, 0.05) is 17.2 Å². The van der Waals surface area contributed by atoms with Gasteiger partial charge in [0.05, 0.1) is 6.61 Å². The zero-order valence-corrected chi connectivity index (χ0v) is 19.8. The summed E-state index contributed by atoms with van der Waals surface area (Å²) in [6.07, 6.45) is 1.97. The molecule has 0 saturated heterocycles. The van der Waals surface area contributed by atoms with Crippen molar-refractivity contribution in [3.63, 3.8) is 0 Å². The molecule has 0 saturated carbocycles. The van der Waals surface area contributed by atoms with Gasteiger partial charge in [-0.3, -0.25) is 0 Å². The van der Waals surface area contributed by atoms with Gasteiger partial charge in [0.2, 0.25) is 5.82 Å². The molecule has 5 heteroatoms. The first-order valence-electron chi connectivity index (χ1n) is 11.7. The molecule has 0 N–H and O–H groups in total. The Balaban J connectivity index is 1.44. The van der Waals surface area contributed by atoms with Crippen LogP contribution in [-0.2, 0) is 13.0 Å². The van der Waals surface area contributed by atoms with Crippen LogP contribution in [-0.4, -0.2) is 6.61 Å². The van der Waals surface area contributed by atoms with E-state index in [0.717, 1.165) is 24.0 Å². The fraction of sp³-hybridized carbons (Fsp3) is 0.200. The van der Waals surface area contributed by atoms with Crippen molar-refractivity contribution in [2.24, 2.45) is 0 Å². The normalized spacial score (nSPS) is 10.9. The summed E-state index contributed by atoms with van der Waals surface area (Å²) in [4.78, 5) is 0. The van der Waals surface area contributed by atoms with Gasteiger partial charge in [-0.15, -0.1) is 0 Å². The predicted octanol–water partition coefficient (Wildman–Crippen LogP) is 8.37. The molecular formula is C30H27F3O2. The molecule has 0 aliphatic rings. The second-order valence-electron chi connectivity index (χ2n) is 8.25. The van der Waals surface area contributed by atoms with Gasteiger partial charge in [0.15, 0.2) is 11.6 Å². The third-order valence-corrected chi connectivity index (χ3v) is 5.76. The van der Waals surface area contributed by atoms with Gasteiger partial charge in [0.1, 0.15) is 18.2 Å². The number of hydrogen-bond donors (Lipinski definition) is 0. The van der Waals surface area contributed by atoms with E-state index in [2.05, 4.69) is 6.92 Å². The molecule has 4 aromatic rings. The van der Waals surface area contributed by atoms with Gasteiger partial charge in [-0.1, -0.05) is 61.9 Å². The van der Waals surface area contributed by atoms with Crippen LogP contribution >= 0.6 is 0 Å². The number of aryl methyl sites for hydroxylation is 1. The average molecular weight is 477 g/mol. The number of hydrogen-bond acceptors (Lipinski definition) is 2. The van der Waals surface area contributed by atoms with Gasteiger partial charge < -0.3 is 9.47 Å². The topological polar surface area (TPSA) is 18.5 Å². The molecule has 0 bridgehead atoms. The highest BCUT2D eigenvalue weighted by atomic mass is 19.2. The monoisotopic (exact) mass is 476 g/mol. The number of benzene rings is 4. The molecule has 0 fully saturated rings. The molecule has 35 heavy (non-hydrogen) atoms. The molecule has 0 spiro atoms. The highest BCUT2D eigenvalue weighted by Gasteiger charge is 2.16. The van der Waals surface area contributed by atoms with Crippen molar-refractivity contribution in [1.82, 2.24) is 0 Å². The summed E-state index contributed by atoms with van der Waals surface area (Å²) in [6, 6.07) is 22.3. The standard InChI is InChI=1S/C30H27F3O2/c1-3-5-20-6-10-23(11-7-20)26-16-17-28(30(33)29(26)32)35-19-21-8-12-22(13-9-21)25-15-14-24(34-4-2)18-27(25)31/h6-18H,3-5,19H2,1-2H3. The molecular weight excluding hydrogens is 449 g/mol. The Kier molecular flexibility index (Phi) is 7.76. The minimum absolute atomic E-state index is 0.0491. The number of halogens is 3. The maximum Gasteiger partial charge on any atom is 0.201 e. The molecule has 0 atom stereocenters. The third kappa shape index (κ3) is 5.68. The molecule has 4 aromatic carbocycles. The van der Waals surface area contributed by atoms with Crippen molar-refractivity contribution < 1.29 is 22.6 Å². The van der Waals surface area contributed by atoms with E-state index in [1.807, 2.05) is 19.1 Å². The third-order valence-electron chi connectivity index (χ3n) is 5.76. The Hall–Kier alpha value is -3.73. The lowest BCUT2D eigenvalue weighted by molar-refractivity contribution is 0.285. The van der Waals surface area contributed by atoms with Crippen molar-refractivity contribution in [3.8, 4) is 33.8 Å². The van der Waals surface area contributed by atoms with Crippen LogP contribution in [0, 0.1) is 17.5 Å². The Morgan fingerprint density at radius 1 is 0.629 bits per heavy atom. The van der Waals surface area contributed by atoms with Crippen LogP contribution in [0.25, 0.3) is 22.3 Å². The number of ether oxygens (including phenoxy) is 2. The van der Waals surface area contributed by atoms with Gasteiger partial charge in [0.25, 0.3) is 0 Å². The Morgan fingerprint density at radius 3 is 1.89 bits per heavy atom. The fourth-order valence-electron chi connectivity index (χ4n) is 3.93. The van der Waals surface area contributed by atoms with Gasteiger partial charge in [-0.05, 0) is 59.9 Å². The lowest BCUT2D eigenvalue weighted by atomic mass is 10.0. The van der Waals surface area contributed by atoms with E-state index in [0.29, 0.717) is 29.0 Å². The zero-order chi connectivity index (χ0) is 24.8. The van der Waals surface area contributed by atoms with Gasteiger partial charge in [-0.25, -0.2) is 8.78 Å². The quantitative estimate of drug-likeness (QED) is 0.242. The fourth-order valence-corrected chi connectivity index (χ4v) is 3.93. The van der Waals surface area contributed by atoms with Crippen molar-refractivity contribution in [2.75, 3.05) is 6.61 Å². The van der Waals surface area contributed by atoms with Crippen LogP contribution < -0.4 is 9.47 Å². The highest BCUT2D eigenvalue weighted by Crippen LogP contribution is 2.31. The van der Waals surface area contributed by atoms with Crippen molar-refractivity contribution in [3.05, 3.63) is 107 Å². The van der Waals surface area contributed by atoms with Gasteiger partial charge >= 0.3 is 0 Å². The van der Waals surface area contributed by atoms with E-state index in [-0.39, 0.29) is 23.7 Å². The van der Waals surface area contributed by atoms with Crippen LogP contribution in [0.2, 0.25) is 0 Å². The summed E-state index contributed by atoms with van der Waals surface area (Å²) < 4.78 is 54.8. The second-order valence-corrected chi connectivity index (χ2v) is 8.25. The van der Waals surface area contributed by atoms with Crippen LogP contribution in [0.3, 0.4) is 0 Å². The van der Waals surface area contributed by atoms with E-state index in [4.69, 9.17) is 9.47 Å². The molecule has 0 radical (unpaired) electrons. The van der Waals surface area contributed by atoms with Crippen LogP contribution in [0.15, 0.2) is 78.9 Å². The average Bonchev–Trinajstić information content (AvgIpc) is 2.87. The van der Waals surface area contributed by atoms with E-state index in [9.17, 15) is 13.2 Å². The molecule has 0 amide bonds. The van der Waals surface area contributed by atoms with Gasteiger partial charge in [-0.2, -0.15) is 4.39 Å². The van der Waals surface area contributed by atoms with E-state index < -0.39 is 11.6 Å². The minimum Gasteiger partial charge on any atom is -0.494 e. The molecule has 0 aliphatic carbocycles. The summed E-state index contributed by atoms with van der Waals surface area (Å²) in [5, 5.41) is 0. The molecule has 0 unspecified atom stereocenters. The maximum atomic E-state index is 14.8. The summed E-state index contributed by atoms with van der Waals surface area (Å²) in [7, 11) is 0. The lowest BCUT2D eigenvalue weighted by Gasteiger charge is -2.12. The molecule has 0 aliphatic heterocycles.